The van der Waals surface area contributed by atoms with Crippen molar-refractivity contribution in [2.24, 2.45) is 0 Å². The van der Waals surface area contributed by atoms with Gasteiger partial charge in [0, 0.05) is 29.9 Å². The summed E-state index contributed by atoms with van der Waals surface area (Å²) >= 11 is 6.29. The molecule has 1 aromatic carbocycles. The van der Waals surface area contributed by atoms with Crippen molar-refractivity contribution >= 4 is 23.4 Å². The van der Waals surface area contributed by atoms with Crippen LogP contribution in [0.2, 0.25) is 5.02 Å². The Labute approximate surface area is 139 Å². The van der Waals surface area contributed by atoms with Gasteiger partial charge >= 0.3 is 0 Å². The van der Waals surface area contributed by atoms with Gasteiger partial charge in [0.25, 0.3) is 0 Å². The van der Waals surface area contributed by atoms with E-state index >= 15 is 0 Å². The zero-order valence-corrected chi connectivity index (χ0v) is 13.6. The summed E-state index contributed by atoms with van der Waals surface area (Å²) in [6.45, 7) is 3.62. The number of nitrogens with two attached hydrogens (primary N) is 1. The van der Waals surface area contributed by atoms with E-state index in [0.717, 1.165) is 12.1 Å². The minimum atomic E-state index is -0.327. The van der Waals surface area contributed by atoms with Gasteiger partial charge in [0.1, 0.15) is 11.6 Å². The summed E-state index contributed by atoms with van der Waals surface area (Å²) in [5, 5.41) is 0.505. The van der Waals surface area contributed by atoms with Crippen LogP contribution in [-0.2, 0) is 4.74 Å². The lowest BCUT2D eigenvalue weighted by atomic mass is 10.1. The first-order valence-corrected chi connectivity index (χ1v) is 7.83. The van der Waals surface area contributed by atoms with Gasteiger partial charge < -0.3 is 15.4 Å². The van der Waals surface area contributed by atoms with E-state index < -0.39 is 0 Å². The van der Waals surface area contributed by atoms with Crippen LogP contribution in [0.4, 0.5) is 16.2 Å². The van der Waals surface area contributed by atoms with E-state index in [4.69, 9.17) is 22.1 Å². The third kappa shape index (κ3) is 3.54. The van der Waals surface area contributed by atoms with Gasteiger partial charge in [-0.15, -0.1) is 0 Å². The van der Waals surface area contributed by atoms with Crippen molar-refractivity contribution in [1.82, 2.24) is 9.97 Å². The van der Waals surface area contributed by atoms with Crippen molar-refractivity contribution in [3.05, 3.63) is 46.4 Å². The summed E-state index contributed by atoms with van der Waals surface area (Å²) < 4.78 is 19.4. The second-order valence-corrected chi connectivity index (χ2v) is 5.94. The number of aromatic nitrogens is 2. The van der Waals surface area contributed by atoms with Gasteiger partial charge in [-0.1, -0.05) is 11.6 Å². The van der Waals surface area contributed by atoms with Gasteiger partial charge in [0.15, 0.2) is 0 Å². The second kappa shape index (κ2) is 6.68. The molecule has 122 valence electrons. The molecule has 1 fully saturated rings. The van der Waals surface area contributed by atoms with Crippen LogP contribution in [-0.4, -0.2) is 29.7 Å². The van der Waals surface area contributed by atoms with Gasteiger partial charge in [-0.2, -0.15) is 4.98 Å². The number of nitrogen functional groups attached to an aromatic ring is 1. The number of nitrogens with zero attached hydrogens (tertiary/aromatic N) is 3. The van der Waals surface area contributed by atoms with Gasteiger partial charge in [-0.3, -0.25) is 0 Å². The fraction of sp³-hybridized carbons (Fsp3) is 0.375. The zero-order chi connectivity index (χ0) is 16.4. The molecule has 0 saturated carbocycles. The van der Waals surface area contributed by atoms with Crippen LogP contribution >= 0.6 is 11.6 Å². The predicted molar refractivity (Wildman–Crippen MR) is 88.1 cm³/mol. The molecule has 0 aliphatic carbocycles. The van der Waals surface area contributed by atoms with Gasteiger partial charge in [0.2, 0.25) is 5.95 Å². The van der Waals surface area contributed by atoms with Crippen molar-refractivity contribution in [2.45, 2.75) is 19.4 Å². The van der Waals surface area contributed by atoms with Crippen molar-refractivity contribution in [1.29, 1.82) is 0 Å². The van der Waals surface area contributed by atoms with Gasteiger partial charge in [0.05, 0.1) is 12.6 Å². The Balaban J connectivity index is 2.05. The molecule has 0 bridgehead atoms. The summed E-state index contributed by atoms with van der Waals surface area (Å²) in [6, 6.07) is 6.00. The van der Waals surface area contributed by atoms with Crippen molar-refractivity contribution in [3.63, 3.8) is 0 Å². The zero-order valence-electron chi connectivity index (χ0n) is 12.8. The molecular formula is C16H18ClFN4O. The first-order valence-electron chi connectivity index (χ1n) is 7.45. The van der Waals surface area contributed by atoms with Crippen LogP contribution in [0.1, 0.15) is 23.7 Å². The van der Waals surface area contributed by atoms with Crippen LogP contribution in [0.15, 0.2) is 24.3 Å². The standard InChI is InChI=1S/C16H18ClFN4O/c1-10-7-15(21-16(19)20-10)22-5-2-6-23-9-14(22)12-8-11(18)3-4-13(12)17/h3-4,7-8,14H,2,5-6,9H2,1H3,(H2,19,20,21). The Morgan fingerprint density at radius 1 is 1.35 bits per heavy atom. The molecule has 3 rings (SSSR count). The van der Waals surface area contributed by atoms with E-state index in [1.807, 2.05) is 13.0 Å². The van der Waals surface area contributed by atoms with Crippen molar-refractivity contribution in [3.8, 4) is 0 Å². The molecule has 1 aliphatic rings. The normalized spacial score (nSPS) is 18.7. The van der Waals surface area contributed by atoms with Crippen LogP contribution < -0.4 is 10.6 Å². The van der Waals surface area contributed by atoms with E-state index in [-0.39, 0.29) is 17.8 Å². The molecular weight excluding hydrogens is 319 g/mol. The third-order valence-electron chi connectivity index (χ3n) is 3.81. The Kier molecular flexibility index (Phi) is 4.63. The molecule has 23 heavy (non-hydrogen) atoms. The Bertz CT molecular complexity index is 692. The van der Waals surface area contributed by atoms with Gasteiger partial charge in [-0.25, -0.2) is 9.37 Å². The number of rotatable bonds is 2. The second-order valence-electron chi connectivity index (χ2n) is 5.53. The predicted octanol–water partition coefficient (Wildman–Crippen LogP) is 3.13. The molecule has 1 aromatic heterocycles. The van der Waals surface area contributed by atoms with E-state index in [9.17, 15) is 4.39 Å². The highest BCUT2D eigenvalue weighted by Gasteiger charge is 2.27. The van der Waals surface area contributed by atoms with E-state index in [1.54, 1.807) is 6.07 Å². The summed E-state index contributed by atoms with van der Waals surface area (Å²) in [5.74, 6) is 0.590. The van der Waals surface area contributed by atoms with E-state index in [0.29, 0.717) is 36.2 Å². The van der Waals surface area contributed by atoms with Crippen LogP contribution in [0.5, 0.6) is 0 Å². The van der Waals surface area contributed by atoms with Crippen LogP contribution in [0, 0.1) is 12.7 Å². The molecule has 2 heterocycles. The molecule has 1 unspecified atom stereocenters. The lowest BCUT2D eigenvalue weighted by Gasteiger charge is -2.31. The molecule has 1 atom stereocenters. The highest BCUT2D eigenvalue weighted by Crippen LogP contribution is 2.33. The summed E-state index contributed by atoms with van der Waals surface area (Å²) in [5.41, 5.74) is 7.24. The van der Waals surface area contributed by atoms with Crippen molar-refractivity contribution < 1.29 is 9.13 Å². The monoisotopic (exact) mass is 336 g/mol. The summed E-state index contributed by atoms with van der Waals surface area (Å²) in [6.07, 6.45) is 0.840. The van der Waals surface area contributed by atoms with Crippen LogP contribution in [0.3, 0.4) is 0 Å². The van der Waals surface area contributed by atoms with E-state index in [2.05, 4.69) is 14.9 Å². The molecule has 1 saturated heterocycles. The summed E-state index contributed by atoms with van der Waals surface area (Å²) in [4.78, 5) is 10.5. The molecule has 0 amide bonds. The first kappa shape index (κ1) is 16.0. The molecule has 2 aromatic rings. The number of hydrogen-bond donors (Lipinski definition) is 1. The molecule has 2 N–H and O–H groups in total. The summed E-state index contributed by atoms with van der Waals surface area (Å²) in [7, 11) is 0. The number of hydrogen-bond acceptors (Lipinski definition) is 5. The maximum absolute atomic E-state index is 13.7. The average Bonchev–Trinajstić information content (AvgIpc) is 2.74. The number of aryl methyl sites for hydroxylation is 1. The SMILES string of the molecule is Cc1cc(N2CCCOCC2c2cc(F)ccc2Cl)nc(N)n1. The highest BCUT2D eigenvalue weighted by molar-refractivity contribution is 6.31. The first-order chi connectivity index (χ1) is 11.0. The minimum Gasteiger partial charge on any atom is -0.379 e. The van der Waals surface area contributed by atoms with Gasteiger partial charge in [-0.05, 0) is 37.1 Å². The fourth-order valence-electron chi connectivity index (χ4n) is 2.80. The molecule has 5 nitrogen and oxygen atoms in total. The lowest BCUT2D eigenvalue weighted by Crippen LogP contribution is -2.32. The highest BCUT2D eigenvalue weighted by atomic mass is 35.5. The third-order valence-corrected chi connectivity index (χ3v) is 4.15. The smallest absolute Gasteiger partial charge is 0.222 e. The minimum absolute atomic E-state index is 0.217. The maximum Gasteiger partial charge on any atom is 0.222 e. The number of ether oxygens (including phenoxy) is 1. The van der Waals surface area contributed by atoms with Crippen LogP contribution in [0.25, 0.3) is 0 Å². The quantitative estimate of drug-likeness (QED) is 0.912. The molecule has 1 aliphatic heterocycles. The largest absolute Gasteiger partial charge is 0.379 e. The Morgan fingerprint density at radius 2 is 2.17 bits per heavy atom. The number of benzene rings is 1. The van der Waals surface area contributed by atoms with Crippen molar-refractivity contribution in [2.75, 3.05) is 30.4 Å². The average molecular weight is 337 g/mol. The lowest BCUT2D eigenvalue weighted by molar-refractivity contribution is 0.134. The topological polar surface area (TPSA) is 64.3 Å². The maximum atomic E-state index is 13.7. The molecule has 0 radical (unpaired) electrons. The Morgan fingerprint density at radius 3 is 2.96 bits per heavy atom. The molecule has 0 spiro atoms. The Hall–Kier alpha value is -1.92. The fourth-order valence-corrected chi connectivity index (χ4v) is 3.04. The van der Waals surface area contributed by atoms with E-state index in [1.165, 1.54) is 12.1 Å². The number of halogens is 2. The number of anilines is 2. The molecule has 7 heteroatoms.